The van der Waals surface area contributed by atoms with Crippen molar-refractivity contribution in [1.29, 1.82) is 0 Å². The zero-order valence-electron chi connectivity index (χ0n) is 20.2. The number of anilines is 1. The number of hydrogen-bond donors (Lipinski definition) is 2. The third kappa shape index (κ3) is 5.60. The topological polar surface area (TPSA) is 110 Å². The standard InChI is InChI=1S/C26H25ClF3NO6S/c1-2-37-22(32)7-8-26(34)12-15-3-4-16(13-26)24(15)38(35,36)21-9-14(5-6-18(21)27)25(33)31-17-10-19(28)23(30)20(29)11-17/h5-11,15-16,24,34H,2-4,12-13H2,1H3,(H,31,33)/b8-7+/t15?,16?,24-,26-. The lowest BCUT2D eigenvalue weighted by Gasteiger charge is -2.39. The quantitative estimate of drug-likeness (QED) is 0.280. The first-order valence-corrected chi connectivity index (χ1v) is 13.8. The number of carbonyl (C=O) groups is 2. The van der Waals surface area contributed by atoms with E-state index in [0.717, 1.165) is 12.1 Å². The number of rotatable bonds is 7. The molecule has 1 amide bonds. The Hall–Kier alpha value is -2.89. The van der Waals surface area contributed by atoms with E-state index in [1.165, 1.54) is 18.2 Å². The molecule has 2 aromatic carbocycles. The molecule has 2 unspecified atom stereocenters. The Balaban J connectivity index is 1.57. The summed E-state index contributed by atoms with van der Waals surface area (Å²) in [4.78, 5) is 24.1. The molecule has 2 bridgehead atoms. The largest absolute Gasteiger partial charge is 0.463 e. The molecule has 0 aromatic heterocycles. The van der Waals surface area contributed by atoms with Gasteiger partial charge in [0.2, 0.25) is 0 Å². The Morgan fingerprint density at radius 3 is 2.32 bits per heavy atom. The highest BCUT2D eigenvalue weighted by Gasteiger charge is 2.53. The van der Waals surface area contributed by atoms with E-state index < -0.39 is 61.9 Å². The molecule has 38 heavy (non-hydrogen) atoms. The molecule has 0 radical (unpaired) electrons. The van der Waals surface area contributed by atoms with Gasteiger partial charge < -0.3 is 15.2 Å². The van der Waals surface area contributed by atoms with Crippen molar-refractivity contribution in [3.63, 3.8) is 0 Å². The summed E-state index contributed by atoms with van der Waals surface area (Å²) in [5.41, 5.74) is -1.86. The molecule has 12 heteroatoms. The van der Waals surface area contributed by atoms with Crippen LogP contribution in [0.15, 0.2) is 47.4 Å². The lowest BCUT2D eigenvalue weighted by Crippen LogP contribution is -2.45. The molecule has 0 heterocycles. The fourth-order valence-electron chi connectivity index (χ4n) is 5.47. The first-order valence-electron chi connectivity index (χ1n) is 11.9. The van der Waals surface area contributed by atoms with Crippen LogP contribution in [0.25, 0.3) is 0 Å². The van der Waals surface area contributed by atoms with Gasteiger partial charge in [-0.25, -0.2) is 26.4 Å². The number of sulfone groups is 1. The molecule has 0 spiro atoms. The Bertz CT molecular complexity index is 1380. The van der Waals surface area contributed by atoms with Crippen LogP contribution >= 0.6 is 11.6 Å². The minimum absolute atomic E-state index is 0.108. The van der Waals surface area contributed by atoms with Crippen molar-refractivity contribution in [2.24, 2.45) is 11.8 Å². The molecule has 2 aromatic rings. The summed E-state index contributed by atoms with van der Waals surface area (Å²) in [6.45, 7) is 1.84. The third-order valence-electron chi connectivity index (χ3n) is 6.98. The molecule has 7 nitrogen and oxygen atoms in total. The van der Waals surface area contributed by atoms with Crippen LogP contribution in [0.4, 0.5) is 18.9 Å². The van der Waals surface area contributed by atoms with Gasteiger partial charge in [0.05, 0.1) is 27.4 Å². The van der Waals surface area contributed by atoms with Gasteiger partial charge in [-0.1, -0.05) is 11.6 Å². The van der Waals surface area contributed by atoms with Gasteiger partial charge in [-0.15, -0.1) is 0 Å². The van der Waals surface area contributed by atoms with Gasteiger partial charge in [-0.2, -0.15) is 0 Å². The number of amides is 1. The predicted octanol–water partition coefficient (Wildman–Crippen LogP) is 4.82. The minimum Gasteiger partial charge on any atom is -0.463 e. The Morgan fingerprint density at radius 1 is 1.13 bits per heavy atom. The van der Waals surface area contributed by atoms with Crippen LogP contribution in [0.1, 0.15) is 43.0 Å². The number of fused-ring (bicyclic) bond motifs is 2. The molecule has 4 rings (SSSR count). The van der Waals surface area contributed by atoms with E-state index in [9.17, 15) is 36.3 Å². The first kappa shape index (κ1) is 28.1. The van der Waals surface area contributed by atoms with Crippen LogP contribution in [0.2, 0.25) is 5.02 Å². The monoisotopic (exact) mass is 571 g/mol. The molecule has 2 N–H and O–H groups in total. The number of aliphatic hydroxyl groups is 1. The maximum atomic E-state index is 13.8. The van der Waals surface area contributed by atoms with Crippen molar-refractivity contribution in [3.8, 4) is 0 Å². The zero-order valence-corrected chi connectivity index (χ0v) is 21.8. The Labute approximate surface area is 222 Å². The fraction of sp³-hybridized carbons (Fsp3) is 0.385. The van der Waals surface area contributed by atoms with Gasteiger partial charge in [0.25, 0.3) is 5.91 Å². The van der Waals surface area contributed by atoms with E-state index in [0.29, 0.717) is 25.0 Å². The van der Waals surface area contributed by atoms with Crippen molar-refractivity contribution >= 4 is 39.0 Å². The highest BCUT2D eigenvalue weighted by atomic mass is 35.5. The first-order chi connectivity index (χ1) is 17.8. The molecule has 0 aliphatic heterocycles. The summed E-state index contributed by atoms with van der Waals surface area (Å²) in [5.74, 6) is -7.00. The Morgan fingerprint density at radius 2 is 1.74 bits per heavy atom. The van der Waals surface area contributed by atoms with E-state index >= 15 is 0 Å². The summed E-state index contributed by atoms with van der Waals surface area (Å²) >= 11 is 6.25. The second kappa shape index (κ2) is 10.7. The van der Waals surface area contributed by atoms with Crippen molar-refractivity contribution in [2.75, 3.05) is 11.9 Å². The number of carbonyl (C=O) groups excluding carboxylic acids is 2. The van der Waals surface area contributed by atoms with Crippen LogP contribution in [0.3, 0.4) is 0 Å². The summed E-state index contributed by atoms with van der Waals surface area (Å²) in [5, 5.41) is 12.3. The number of nitrogens with one attached hydrogen (secondary N) is 1. The smallest absolute Gasteiger partial charge is 0.330 e. The highest BCUT2D eigenvalue weighted by Crippen LogP contribution is 2.51. The zero-order chi connectivity index (χ0) is 27.8. The van der Waals surface area contributed by atoms with Crippen molar-refractivity contribution < 1.29 is 41.0 Å². The van der Waals surface area contributed by atoms with Crippen LogP contribution in [0, 0.1) is 29.3 Å². The van der Waals surface area contributed by atoms with Gasteiger partial charge in [-0.05, 0) is 68.7 Å². The summed E-state index contributed by atoms with van der Waals surface area (Å²) < 4.78 is 72.6. The summed E-state index contributed by atoms with van der Waals surface area (Å²) in [6, 6.07) is 4.77. The van der Waals surface area contributed by atoms with E-state index in [1.54, 1.807) is 6.92 Å². The van der Waals surface area contributed by atoms with Crippen molar-refractivity contribution in [3.05, 3.63) is 70.5 Å². The van der Waals surface area contributed by atoms with E-state index in [1.807, 2.05) is 0 Å². The molecule has 2 aliphatic rings. The predicted molar refractivity (Wildman–Crippen MR) is 133 cm³/mol. The van der Waals surface area contributed by atoms with Gasteiger partial charge in [-0.3, -0.25) is 4.79 Å². The molecule has 2 saturated carbocycles. The van der Waals surface area contributed by atoms with Gasteiger partial charge in [0, 0.05) is 29.5 Å². The number of esters is 1. The molecular formula is C26H25ClF3NO6S. The number of ether oxygens (including phenoxy) is 1. The lowest BCUT2D eigenvalue weighted by atomic mass is 9.77. The van der Waals surface area contributed by atoms with Crippen molar-refractivity contribution in [2.45, 2.75) is 48.4 Å². The van der Waals surface area contributed by atoms with Crippen LogP contribution in [0.5, 0.6) is 0 Å². The molecule has 0 saturated heterocycles. The van der Waals surface area contributed by atoms with Crippen LogP contribution in [-0.2, 0) is 19.4 Å². The Kier molecular flexibility index (Phi) is 7.92. The average Bonchev–Trinajstić information content (AvgIpc) is 3.15. The minimum atomic E-state index is -4.07. The van der Waals surface area contributed by atoms with Gasteiger partial charge in [0.15, 0.2) is 27.3 Å². The van der Waals surface area contributed by atoms with Crippen LogP contribution in [-0.4, -0.2) is 42.9 Å². The summed E-state index contributed by atoms with van der Waals surface area (Å²) in [7, 11) is -4.07. The summed E-state index contributed by atoms with van der Waals surface area (Å²) in [6.07, 6.45) is 3.83. The second-order valence-electron chi connectivity index (χ2n) is 9.56. The SMILES string of the molecule is CCOC(=O)/C=C/[C@]1(O)CC2CCC(C1)[C@H]2S(=O)(=O)c1cc(C(=O)Nc2cc(F)c(F)c(F)c2)ccc1Cl. The fourth-order valence-corrected chi connectivity index (χ4v) is 8.31. The maximum Gasteiger partial charge on any atom is 0.330 e. The second-order valence-corrected chi connectivity index (χ2v) is 12.0. The van der Waals surface area contributed by atoms with Gasteiger partial charge in [0.1, 0.15) is 0 Å². The highest BCUT2D eigenvalue weighted by molar-refractivity contribution is 7.92. The molecule has 2 aliphatic carbocycles. The van der Waals surface area contributed by atoms with E-state index in [4.69, 9.17) is 16.3 Å². The molecule has 2 fully saturated rings. The normalized spacial score (nSPS) is 24.9. The number of benzene rings is 2. The number of halogens is 4. The third-order valence-corrected chi connectivity index (χ3v) is 9.86. The lowest BCUT2D eigenvalue weighted by molar-refractivity contribution is -0.137. The molecule has 204 valence electrons. The average molecular weight is 572 g/mol. The molecular weight excluding hydrogens is 547 g/mol. The van der Waals surface area contributed by atoms with Crippen molar-refractivity contribution in [1.82, 2.24) is 0 Å². The van der Waals surface area contributed by atoms with Gasteiger partial charge >= 0.3 is 5.97 Å². The number of hydrogen-bond acceptors (Lipinski definition) is 6. The van der Waals surface area contributed by atoms with Crippen LogP contribution < -0.4 is 5.32 Å². The molecule has 2 atom stereocenters. The van der Waals surface area contributed by atoms with E-state index in [2.05, 4.69) is 5.32 Å². The maximum absolute atomic E-state index is 13.8. The van der Waals surface area contributed by atoms with E-state index in [-0.39, 0.29) is 40.6 Å².